The van der Waals surface area contributed by atoms with E-state index in [0.29, 0.717) is 6.04 Å². The van der Waals surface area contributed by atoms with Crippen LogP contribution in [0.2, 0.25) is 0 Å². The topological polar surface area (TPSA) is 37.4 Å². The number of aryl methyl sites for hydroxylation is 1. The van der Waals surface area contributed by atoms with E-state index in [9.17, 15) is 0 Å². The first-order chi connectivity index (χ1) is 9.65. The molecule has 1 heterocycles. The number of ether oxygens (including phenoxy) is 1. The zero-order valence-electron chi connectivity index (χ0n) is 13.6. The smallest absolute Gasteiger partial charge is 0.129 e. The van der Waals surface area contributed by atoms with Crippen LogP contribution in [0.1, 0.15) is 37.9 Å². The predicted molar refractivity (Wildman–Crippen MR) is 85.3 cm³/mol. The number of pyridine rings is 1. The van der Waals surface area contributed by atoms with E-state index < -0.39 is 0 Å². The molecule has 0 aliphatic heterocycles. The summed E-state index contributed by atoms with van der Waals surface area (Å²) < 4.78 is 5.26. The van der Waals surface area contributed by atoms with Crippen LogP contribution < -0.4 is 10.2 Å². The Morgan fingerprint density at radius 1 is 1.30 bits per heavy atom. The molecular formula is C16H29N3O. The van der Waals surface area contributed by atoms with Crippen molar-refractivity contribution in [1.29, 1.82) is 0 Å². The molecule has 20 heavy (non-hydrogen) atoms. The summed E-state index contributed by atoms with van der Waals surface area (Å²) in [6, 6.07) is 4.85. The minimum Gasteiger partial charge on any atom is -0.383 e. The van der Waals surface area contributed by atoms with Crippen molar-refractivity contribution in [2.75, 3.05) is 32.2 Å². The number of aromatic nitrogens is 1. The van der Waals surface area contributed by atoms with E-state index >= 15 is 0 Å². The van der Waals surface area contributed by atoms with Gasteiger partial charge in [0.25, 0.3) is 0 Å². The van der Waals surface area contributed by atoms with E-state index in [1.807, 2.05) is 7.05 Å². The maximum absolute atomic E-state index is 5.26. The monoisotopic (exact) mass is 279 g/mol. The van der Waals surface area contributed by atoms with Gasteiger partial charge in [0.15, 0.2) is 0 Å². The lowest BCUT2D eigenvalue weighted by Gasteiger charge is -2.32. The highest BCUT2D eigenvalue weighted by molar-refractivity contribution is 5.44. The Morgan fingerprint density at radius 3 is 2.55 bits per heavy atom. The minimum absolute atomic E-state index is 0.516. The standard InChI is InChI=1S/C16H29N3O/c1-6-15(7-2)19(8-9-20-5)16-11-14(12-17-4)10-13(3)18-16/h10-11,15,17H,6-9,12H2,1-5H3. The van der Waals surface area contributed by atoms with Crippen LogP contribution >= 0.6 is 0 Å². The third kappa shape index (κ3) is 4.76. The summed E-state index contributed by atoms with van der Waals surface area (Å²) in [5.74, 6) is 1.07. The quantitative estimate of drug-likeness (QED) is 0.754. The molecule has 0 spiro atoms. The SMILES string of the molecule is CCC(CC)N(CCOC)c1cc(CNC)cc(C)n1. The van der Waals surface area contributed by atoms with E-state index in [1.54, 1.807) is 7.11 Å². The highest BCUT2D eigenvalue weighted by Gasteiger charge is 2.17. The maximum Gasteiger partial charge on any atom is 0.129 e. The lowest BCUT2D eigenvalue weighted by Crippen LogP contribution is -2.38. The fourth-order valence-corrected chi connectivity index (χ4v) is 2.58. The van der Waals surface area contributed by atoms with Crippen LogP contribution in [-0.4, -0.2) is 38.3 Å². The van der Waals surface area contributed by atoms with Gasteiger partial charge in [-0.1, -0.05) is 13.8 Å². The molecule has 1 aromatic rings. The van der Waals surface area contributed by atoms with Crippen molar-refractivity contribution in [2.24, 2.45) is 0 Å². The second kappa shape index (κ2) is 8.93. The molecule has 0 saturated heterocycles. The molecule has 0 bridgehead atoms. The van der Waals surface area contributed by atoms with Crippen molar-refractivity contribution in [3.05, 3.63) is 23.4 Å². The summed E-state index contributed by atoms with van der Waals surface area (Å²) in [5, 5.41) is 3.21. The molecule has 114 valence electrons. The average molecular weight is 279 g/mol. The van der Waals surface area contributed by atoms with Crippen LogP contribution in [0.25, 0.3) is 0 Å². The van der Waals surface area contributed by atoms with Crippen molar-refractivity contribution in [3.63, 3.8) is 0 Å². The highest BCUT2D eigenvalue weighted by Crippen LogP contribution is 2.20. The van der Waals surface area contributed by atoms with E-state index in [-0.39, 0.29) is 0 Å². The van der Waals surface area contributed by atoms with Crippen molar-refractivity contribution >= 4 is 5.82 Å². The van der Waals surface area contributed by atoms with Crippen molar-refractivity contribution < 1.29 is 4.74 Å². The second-order valence-corrected chi connectivity index (χ2v) is 5.16. The van der Waals surface area contributed by atoms with E-state index in [1.165, 1.54) is 5.56 Å². The van der Waals surface area contributed by atoms with Crippen LogP contribution in [0.3, 0.4) is 0 Å². The predicted octanol–water partition coefficient (Wildman–Crippen LogP) is 2.75. The first-order valence-electron chi connectivity index (χ1n) is 7.53. The zero-order valence-corrected chi connectivity index (χ0v) is 13.6. The second-order valence-electron chi connectivity index (χ2n) is 5.16. The molecule has 4 heteroatoms. The van der Waals surface area contributed by atoms with Gasteiger partial charge in [-0.2, -0.15) is 0 Å². The van der Waals surface area contributed by atoms with Gasteiger partial charge in [0, 0.05) is 31.9 Å². The Labute approximate surface area is 123 Å². The molecule has 0 atom stereocenters. The van der Waals surface area contributed by atoms with Crippen LogP contribution in [0.15, 0.2) is 12.1 Å². The summed E-state index contributed by atoms with van der Waals surface area (Å²) in [6.45, 7) is 9.02. The summed E-state index contributed by atoms with van der Waals surface area (Å²) >= 11 is 0. The van der Waals surface area contributed by atoms with Gasteiger partial charge in [-0.15, -0.1) is 0 Å². The maximum atomic E-state index is 5.26. The Kier molecular flexibility index (Phi) is 7.55. The third-order valence-electron chi connectivity index (χ3n) is 3.59. The highest BCUT2D eigenvalue weighted by atomic mass is 16.5. The molecule has 0 aliphatic rings. The lowest BCUT2D eigenvalue weighted by atomic mass is 10.1. The van der Waals surface area contributed by atoms with Gasteiger partial charge in [0.1, 0.15) is 5.82 Å². The molecule has 0 unspecified atom stereocenters. The van der Waals surface area contributed by atoms with Crippen LogP contribution in [-0.2, 0) is 11.3 Å². The lowest BCUT2D eigenvalue weighted by molar-refractivity contribution is 0.202. The normalized spacial score (nSPS) is 11.1. The molecule has 1 rings (SSSR count). The van der Waals surface area contributed by atoms with Crippen molar-refractivity contribution in [2.45, 2.75) is 46.2 Å². The molecule has 0 fully saturated rings. The van der Waals surface area contributed by atoms with Gasteiger partial charge in [0.05, 0.1) is 6.61 Å². The number of hydrogen-bond acceptors (Lipinski definition) is 4. The summed E-state index contributed by atoms with van der Waals surface area (Å²) in [6.07, 6.45) is 2.24. The zero-order chi connectivity index (χ0) is 15.0. The van der Waals surface area contributed by atoms with Crippen molar-refractivity contribution in [3.8, 4) is 0 Å². The largest absolute Gasteiger partial charge is 0.383 e. The number of anilines is 1. The minimum atomic E-state index is 0.516. The molecule has 0 amide bonds. The molecule has 0 aliphatic carbocycles. The summed E-state index contributed by atoms with van der Waals surface area (Å²) in [4.78, 5) is 7.11. The van der Waals surface area contributed by atoms with E-state index in [4.69, 9.17) is 9.72 Å². The Hall–Kier alpha value is -1.13. The molecule has 0 radical (unpaired) electrons. The molecule has 1 N–H and O–H groups in total. The van der Waals surface area contributed by atoms with Gasteiger partial charge >= 0.3 is 0 Å². The number of nitrogens with zero attached hydrogens (tertiary/aromatic N) is 2. The summed E-state index contributed by atoms with van der Waals surface area (Å²) in [7, 11) is 3.72. The molecule has 4 nitrogen and oxygen atoms in total. The van der Waals surface area contributed by atoms with Gasteiger partial charge in [-0.05, 0) is 44.5 Å². The fourth-order valence-electron chi connectivity index (χ4n) is 2.58. The Bertz CT molecular complexity index is 391. The van der Waals surface area contributed by atoms with Gasteiger partial charge in [-0.3, -0.25) is 0 Å². The molecule has 1 aromatic heterocycles. The van der Waals surface area contributed by atoms with Crippen molar-refractivity contribution in [1.82, 2.24) is 10.3 Å². The van der Waals surface area contributed by atoms with Gasteiger partial charge < -0.3 is 15.0 Å². The Morgan fingerprint density at radius 2 is 2.00 bits per heavy atom. The fraction of sp³-hybridized carbons (Fsp3) is 0.688. The van der Waals surface area contributed by atoms with Crippen LogP contribution in [0.4, 0.5) is 5.82 Å². The Balaban J connectivity index is 3.04. The molecule has 0 saturated carbocycles. The number of nitrogens with one attached hydrogen (secondary N) is 1. The number of rotatable bonds is 9. The number of methoxy groups -OCH3 is 1. The first-order valence-corrected chi connectivity index (χ1v) is 7.53. The van der Waals surface area contributed by atoms with Crippen LogP contribution in [0.5, 0.6) is 0 Å². The first kappa shape index (κ1) is 16.9. The van der Waals surface area contributed by atoms with Gasteiger partial charge in [0.2, 0.25) is 0 Å². The molecule has 0 aromatic carbocycles. The van der Waals surface area contributed by atoms with Gasteiger partial charge in [-0.25, -0.2) is 4.98 Å². The third-order valence-corrected chi connectivity index (χ3v) is 3.59. The average Bonchev–Trinajstić information content (AvgIpc) is 2.43. The molecular weight excluding hydrogens is 250 g/mol. The van der Waals surface area contributed by atoms with Crippen LogP contribution in [0, 0.1) is 6.92 Å². The van der Waals surface area contributed by atoms with E-state index in [2.05, 4.69) is 43.1 Å². The van der Waals surface area contributed by atoms with E-state index in [0.717, 1.165) is 44.0 Å². The summed E-state index contributed by atoms with van der Waals surface area (Å²) in [5.41, 5.74) is 2.35. The number of hydrogen-bond donors (Lipinski definition) is 1.